The van der Waals surface area contributed by atoms with Crippen molar-refractivity contribution in [1.82, 2.24) is 5.32 Å². The first-order valence-electron chi connectivity index (χ1n) is 10.4. The molecule has 0 aromatic heterocycles. The molecule has 30 heavy (non-hydrogen) atoms. The molecule has 2 atom stereocenters. The summed E-state index contributed by atoms with van der Waals surface area (Å²) in [5, 5.41) is 12.4. The minimum Gasteiger partial charge on any atom is -0.492 e. The number of rotatable bonds is 6. The number of nitrogens with one attached hydrogen (secondary N) is 1. The van der Waals surface area contributed by atoms with Crippen LogP contribution < -0.4 is 19.5 Å². The van der Waals surface area contributed by atoms with Gasteiger partial charge in [0.05, 0.1) is 12.2 Å². The number of aliphatic hydroxyl groups is 1. The maximum atomic E-state index is 13.3. The molecule has 6 heteroatoms. The van der Waals surface area contributed by atoms with Crippen LogP contribution >= 0.6 is 0 Å². The van der Waals surface area contributed by atoms with E-state index in [2.05, 4.69) is 17.2 Å². The van der Waals surface area contributed by atoms with E-state index in [0.717, 1.165) is 30.6 Å². The molecule has 0 aliphatic carbocycles. The summed E-state index contributed by atoms with van der Waals surface area (Å²) < 4.78 is 30.5. The van der Waals surface area contributed by atoms with Crippen LogP contribution in [0.3, 0.4) is 0 Å². The Morgan fingerprint density at radius 3 is 2.77 bits per heavy atom. The number of unbranched alkanes of at least 4 members (excludes halogenated alkanes) is 1. The second-order valence-electron chi connectivity index (χ2n) is 7.55. The number of aliphatic hydroxyl groups excluding tert-OH is 1. The van der Waals surface area contributed by atoms with Crippen molar-refractivity contribution in [3.63, 3.8) is 0 Å². The number of benzene rings is 2. The normalized spacial score (nSPS) is 19.8. The van der Waals surface area contributed by atoms with Gasteiger partial charge in [-0.15, -0.1) is 0 Å². The zero-order valence-electron chi connectivity index (χ0n) is 16.8. The van der Waals surface area contributed by atoms with Crippen LogP contribution in [0.2, 0.25) is 0 Å². The van der Waals surface area contributed by atoms with Gasteiger partial charge in [-0.3, -0.25) is 0 Å². The first-order chi connectivity index (χ1) is 14.7. The van der Waals surface area contributed by atoms with Crippen molar-refractivity contribution in [1.29, 1.82) is 0 Å². The first kappa shape index (κ1) is 20.5. The van der Waals surface area contributed by atoms with Gasteiger partial charge in [0.2, 0.25) is 6.79 Å². The van der Waals surface area contributed by atoms with Gasteiger partial charge in [-0.2, -0.15) is 0 Å². The second kappa shape index (κ2) is 9.84. The van der Waals surface area contributed by atoms with Crippen LogP contribution in [-0.4, -0.2) is 38.2 Å². The third-order valence-electron chi connectivity index (χ3n) is 5.52. The number of hydrogen-bond acceptors (Lipinski definition) is 5. The quantitative estimate of drug-likeness (QED) is 0.563. The van der Waals surface area contributed by atoms with Gasteiger partial charge in [0.15, 0.2) is 11.5 Å². The Hall–Kier alpha value is -2.75. The Bertz CT molecular complexity index is 919. The zero-order valence-corrected chi connectivity index (χ0v) is 16.8. The van der Waals surface area contributed by atoms with Gasteiger partial charge >= 0.3 is 0 Å². The van der Waals surface area contributed by atoms with Gasteiger partial charge in [0.1, 0.15) is 11.6 Å². The first-order valence-corrected chi connectivity index (χ1v) is 10.4. The fourth-order valence-electron chi connectivity index (χ4n) is 3.91. The monoisotopic (exact) mass is 411 g/mol. The summed E-state index contributed by atoms with van der Waals surface area (Å²) in [6, 6.07) is 10.5. The van der Waals surface area contributed by atoms with Crippen LogP contribution in [0.4, 0.5) is 4.39 Å². The van der Waals surface area contributed by atoms with Gasteiger partial charge in [-0.25, -0.2) is 4.39 Å². The highest BCUT2D eigenvalue weighted by Gasteiger charge is 2.28. The molecule has 0 amide bonds. The number of hydrogen-bond donors (Lipinski definition) is 2. The van der Waals surface area contributed by atoms with E-state index < -0.39 is 0 Å². The maximum Gasteiger partial charge on any atom is 0.231 e. The Balaban J connectivity index is 1.51. The van der Waals surface area contributed by atoms with Crippen LogP contribution in [0.25, 0.3) is 0 Å². The number of halogens is 1. The molecule has 2 aliphatic heterocycles. The minimum atomic E-state index is -0.217. The largest absolute Gasteiger partial charge is 0.492 e. The van der Waals surface area contributed by atoms with Crippen LogP contribution in [0.5, 0.6) is 17.2 Å². The van der Waals surface area contributed by atoms with Gasteiger partial charge in [-0.05, 0) is 43.0 Å². The molecular formula is C24H26FNO4. The smallest absolute Gasteiger partial charge is 0.231 e. The van der Waals surface area contributed by atoms with E-state index in [0.29, 0.717) is 42.6 Å². The van der Waals surface area contributed by atoms with Crippen molar-refractivity contribution in [2.24, 2.45) is 5.92 Å². The van der Waals surface area contributed by atoms with Crippen molar-refractivity contribution in [2.45, 2.75) is 25.2 Å². The molecule has 0 spiro atoms. The summed E-state index contributed by atoms with van der Waals surface area (Å²) in [5.41, 5.74) is 1.89. The molecule has 1 fully saturated rings. The van der Waals surface area contributed by atoms with E-state index in [9.17, 15) is 4.39 Å². The highest BCUT2D eigenvalue weighted by atomic mass is 19.1. The molecule has 4 rings (SSSR count). The Morgan fingerprint density at radius 1 is 1.17 bits per heavy atom. The van der Waals surface area contributed by atoms with E-state index in [1.165, 1.54) is 12.1 Å². The van der Waals surface area contributed by atoms with Crippen molar-refractivity contribution in [2.75, 3.05) is 33.1 Å². The van der Waals surface area contributed by atoms with Gasteiger partial charge < -0.3 is 24.6 Å². The fraction of sp³-hybridized carbons (Fsp3) is 0.417. The second-order valence-corrected chi connectivity index (χ2v) is 7.55. The lowest BCUT2D eigenvalue weighted by Gasteiger charge is -2.32. The molecule has 2 N–H and O–H groups in total. The highest BCUT2D eigenvalue weighted by Crippen LogP contribution is 2.39. The molecule has 2 aromatic carbocycles. The highest BCUT2D eigenvalue weighted by molar-refractivity contribution is 5.57. The number of fused-ring (bicyclic) bond motifs is 1. The molecule has 2 aromatic rings. The summed E-state index contributed by atoms with van der Waals surface area (Å²) in [4.78, 5) is 0. The summed E-state index contributed by atoms with van der Waals surface area (Å²) in [5.74, 6) is 8.54. The third kappa shape index (κ3) is 4.86. The van der Waals surface area contributed by atoms with E-state index in [-0.39, 0.29) is 25.1 Å². The van der Waals surface area contributed by atoms with Crippen LogP contribution in [0.15, 0.2) is 36.4 Å². The predicted octanol–water partition coefficient (Wildman–Crippen LogP) is 3.45. The van der Waals surface area contributed by atoms with E-state index in [1.54, 1.807) is 0 Å². The summed E-state index contributed by atoms with van der Waals surface area (Å²) in [6.07, 6.45) is 2.24. The molecule has 158 valence electrons. The third-order valence-corrected chi connectivity index (χ3v) is 5.52. The molecule has 0 radical (unpaired) electrons. The van der Waals surface area contributed by atoms with Crippen molar-refractivity contribution >= 4 is 0 Å². The average molecular weight is 411 g/mol. The van der Waals surface area contributed by atoms with E-state index >= 15 is 0 Å². The Morgan fingerprint density at radius 2 is 1.97 bits per heavy atom. The maximum absolute atomic E-state index is 13.3. The van der Waals surface area contributed by atoms with Crippen molar-refractivity contribution in [3.05, 3.63) is 53.3 Å². The molecule has 1 saturated heterocycles. The van der Waals surface area contributed by atoms with Gasteiger partial charge in [0.25, 0.3) is 0 Å². The molecule has 0 saturated carbocycles. The molecule has 2 aliphatic rings. The molecule has 2 heterocycles. The fourth-order valence-corrected chi connectivity index (χ4v) is 3.91. The number of piperidine rings is 1. The van der Waals surface area contributed by atoms with Crippen LogP contribution in [-0.2, 0) is 0 Å². The van der Waals surface area contributed by atoms with Crippen LogP contribution in [0, 0.1) is 23.6 Å². The molecule has 1 unspecified atom stereocenters. The molecular weight excluding hydrogens is 385 g/mol. The SMILES string of the molecule is OCCCC#Cc1cc2c(cc1OCC1CNCC[C@H]1c1ccc(F)cc1)OCO2. The van der Waals surface area contributed by atoms with E-state index in [4.69, 9.17) is 19.3 Å². The predicted molar refractivity (Wildman–Crippen MR) is 111 cm³/mol. The van der Waals surface area contributed by atoms with Gasteiger partial charge in [-0.1, -0.05) is 24.0 Å². The molecule has 5 nitrogen and oxygen atoms in total. The van der Waals surface area contributed by atoms with Crippen LogP contribution in [0.1, 0.15) is 36.3 Å². The lowest BCUT2D eigenvalue weighted by molar-refractivity contribution is 0.173. The summed E-state index contributed by atoms with van der Waals surface area (Å²) >= 11 is 0. The molecule has 0 bridgehead atoms. The zero-order chi connectivity index (χ0) is 20.8. The Labute approximate surface area is 176 Å². The topological polar surface area (TPSA) is 60.0 Å². The van der Waals surface area contributed by atoms with Crippen molar-refractivity contribution < 1.29 is 23.7 Å². The minimum absolute atomic E-state index is 0.124. The standard InChI is InChI=1S/C24H26FNO4/c25-20-7-5-17(6-8-20)21-9-10-26-14-19(21)15-28-22-13-24-23(29-16-30-24)12-18(22)4-2-1-3-11-27/h5-8,12-13,19,21,26-27H,1,3,9-11,14-16H2/t19?,21-/m0/s1. The lowest BCUT2D eigenvalue weighted by atomic mass is 9.81. The van der Waals surface area contributed by atoms with Gasteiger partial charge in [0, 0.05) is 37.6 Å². The Kier molecular flexibility index (Phi) is 6.73. The summed E-state index contributed by atoms with van der Waals surface area (Å²) in [7, 11) is 0. The van der Waals surface area contributed by atoms with E-state index in [1.807, 2.05) is 24.3 Å². The van der Waals surface area contributed by atoms with Crippen molar-refractivity contribution in [3.8, 4) is 29.1 Å². The summed E-state index contributed by atoms with van der Waals surface area (Å²) in [6.45, 7) is 2.60. The average Bonchev–Trinajstić information content (AvgIpc) is 3.23. The number of ether oxygens (including phenoxy) is 3. The lowest BCUT2D eigenvalue weighted by Crippen LogP contribution is -2.38.